The molecule has 0 aliphatic carbocycles. The van der Waals surface area contributed by atoms with Gasteiger partial charge in [-0.3, -0.25) is 4.79 Å². The minimum absolute atomic E-state index is 0.0228. The average molecular weight is 405 g/mol. The van der Waals surface area contributed by atoms with Gasteiger partial charge in [-0.05, 0) is 50.8 Å². The van der Waals surface area contributed by atoms with Gasteiger partial charge in [-0.15, -0.1) is 11.8 Å². The van der Waals surface area contributed by atoms with Gasteiger partial charge in [-0.25, -0.2) is 4.39 Å². The molecule has 0 saturated carbocycles. The van der Waals surface area contributed by atoms with E-state index >= 15 is 0 Å². The molecule has 1 N–H and O–H groups in total. The second-order valence-electron chi connectivity index (χ2n) is 6.96. The van der Waals surface area contributed by atoms with E-state index in [0.717, 1.165) is 29.2 Å². The van der Waals surface area contributed by atoms with Crippen LogP contribution in [0.1, 0.15) is 25.3 Å². The van der Waals surface area contributed by atoms with E-state index in [1.165, 1.54) is 12.1 Å². The number of rotatable bonds is 11. The number of amides is 1. The van der Waals surface area contributed by atoms with Crippen LogP contribution >= 0.6 is 11.8 Å². The first-order valence-corrected chi connectivity index (χ1v) is 10.4. The van der Waals surface area contributed by atoms with E-state index in [0.29, 0.717) is 19.6 Å². The SMILES string of the molecule is CC(CCC(=O)NCc1ccccc1OCCN(C)C)Sc1ccc(F)cc1. The van der Waals surface area contributed by atoms with Crippen molar-refractivity contribution in [3.63, 3.8) is 0 Å². The van der Waals surface area contributed by atoms with Crippen molar-refractivity contribution in [2.45, 2.75) is 36.5 Å². The van der Waals surface area contributed by atoms with Crippen molar-refractivity contribution in [2.24, 2.45) is 0 Å². The zero-order valence-corrected chi connectivity index (χ0v) is 17.6. The normalized spacial score (nSPS) is 12.0. The first-order chi connectivity index (χ1) is 13.4. The number of benzene rings is 2. The quantitative estimate of drug-likeness (QED) is 0.566. The van der Waals surface area contributed by atoms with Gasteiger partial charge in [0.15, 0.2) is 0 Å². The molecule has 2 aromatic carbocycles. The smallest absolute Gasteiger partial charge is 0.220 e. The standard InChI is InChI=1S/C22H29FN2O2S/c1-17(28-20-11-9-19(23)10-12-20)8-13-22(26)24-16-18-6-4-5-7-21(18)27-15-14-25(2)3/h4-7,9-12,17H,8,13-16H2,1-3H3,(H,24,26). The summed E-state index contributed by atoms with van der Waals surface area (Å²) in [5, 5.41) is 3.25. The molecule has 4 nitrogen and oxygen atoms in total. The van der Waals surface area contributed by atoms with E-state index in [2.05, 4.69) is 17.1 Å². The lowest BCUT2D eigenvalue weighted by atomic mass is 10.2. The number of para-hydroxylation sites is 1. The van der Waals surface area contributed by atoms with E-state index in [1.54, 1.807) is 23.9 Å². The van der Waals surface area contributed by atoms with Gasteiger partial charge in [0.05, 0.1) is 0 Å². The zero-order chi connectivity index (χ0) is 20.4. The lowest BCUT2D eigenvalue weighted by molar-refractivity contribution is -0.121. The molecule has 0 aliphatic heterocycles. The maximum Gasteiger partial charge on any atom is 0.220 e. The number of carbonyl (C=O) groups is 1. The van der Waals surface area contributed by atoms with Crippen molar-refractivity contribution in [2.75, 3.05) is 27.2 Å². The van der Waals surface area contributed by atoms with Crippen molar-refractivity contribution >= 4 is 17.7 Å². The molecular weight excluding hydrogens is 375 g/mol. The minimum Gasteiger partial charge on any atom is -0.492 e. The molecule has 0 bridgehead atoms. The first-order valence-electron chi connectivity index (χ1n) is 9.48. The van der Waals surface area contributed by atoms with Crippen molar-refractivity contribution in [3.05, 3.63) is 59.9 Å². The van der Waals surface area contributed by atoms with Crippen LogP contribution in [0.4, 0.5) is 4.39 Å². The molecule has 0 fully saturated rings. The average Bonchev–Trinajstić information content (AvgIpc) is 2.67. The highest BCUT2D eigenvalue weighted by molar-refractivity contribution is 7.99. The fourth-order valence-corrected chi connectivity index (χ4v) is 3.54. The Morgan fingerprint density at radius 1 is 1.18 bits per heavy atom. The molecule has 1 atom stereocenters. The maximum atomic E-state index is 13.0. The van der Waals surface area contributed by atoms with E-state index in [4.69, 9.17) is 4.74 Å². The molecule has 2 aromatic rings. The second-order valence-corrected chi connectivity index (χ2v) is 8.47. The first kappa shape index (κ1) is 22.2. The molecule has 0 aromatic heterocycles. The van der Waals surface area contributed by atoms with Crippen molar-refractivity contribution < 1.29 is 13.9 Å². The molecule has 1 unspecified atom stereocenters. The number of ether oxygens (including phenoxy) is 1. The number of halogens is 1. The predicted molar refractivity (Wildman–Crippen MR) is 113 cm³/mol. The van der Waals surface area contributed by atoms with Crippen LogP contribution in [0.2, 0.25) is 0 Å². The minimum atomic E-state index is -0.234. The van der Waals surface area contributed by atoms with E-state index < -0.39 is 0 Å². The third-order valence-electron chi connectivity index (χ3n) is 4.17. The molecule has 2 rings (SSSR count). The number of nitrogens with one attached hydrogen (secondary N) is 1. The molecule has 0 heterocycles. The summed E-state index contributed by atoms with van der Waals surface area (Å²) in [7, 11) is 4.01. The summed E-state index contributed by atoms with van der Waals surface area (Å²) in [4.78, 5) is 15.3. The highest BCUT2D eigenvalue weighted by Crippen LogP contribution is 2.26. The number of likely N-dealkylation sites (N-methyl/N-ethyl adjacent to an activating group) is 1. The lowest BCUT2D eigenvalue weighted by Gasteiger charge is -2.15. The third-order valence-corrected chi connectivity index (χ3v) is 5.36. The Morgan fingerprint density at radius 2 is 1.89 bits per heavy atom. The molecule has 0 spiro atoms. The van der Waals surface area contributed by atoms with Crippen LogP contribution in [0.3, 0.4) is 0 Å². The Balaban J connectivity index is 1.74. The van der Waals surface area contributed by atoms with Crippen LogP contribution in [0.5, 0.6) is 5.75 Å². The summed E-state index contributed by atoms with van der Waals surface area (Å²) in [6, 6.07) is 14.2. The van der Waals surface area contributed by atoms with Crippen LogP contribution in [0.25, 0.3) is 0 Å². The Morgan fingerprint density at radius 3 is 2.61 bits per heavy atom. The highest BCUT2D eigenvalue weighted by atomic mass is 32.2. The topological polar surface area (TPSA) is 41.6 Å². The van der Waals surface area contributed by atoms with Gasteiger partial charge in [-0.2, -0.15) is 0 Å². The summed E-state index contributed by atoms with van der Waals surface area (Å²) in [6.07, 6.45) is 1.22. The van der Waals surface area contributed by atoms with Gasteiger partial charge in [0.1, 0.15) is 18.2 Å². The fourth-order valence-electron chi connectivity index (χ4n) is 2.55. The molecule has 6 heteroatoms. The van der Waals surface area contributed by atoms with Gasteiger partial charge in [0.25, 0.3) is 0 Å². The summed E-state index contributed by atoms with van der Waals surface area (Å²) >= 11 is 1.65. The monoisotopic (exact) mass is 404 g/mol. The molecule has 152 valence electrons. The summed E-state index contributed by atoms with van der Waals surface area (Å²) in [5.74, 6) is 0.599. The molecular formula is C22H29FN2O2S. The molecule has 0 radical (unpaired) electrons. The third kappa shape index (κ3) is 8.31. The lowest BCUT2D eigenvalue weighted by Crippen LogP contribution is -2.24. The number of nitrogens with zero attached hydrogens (tertiary/aromatic N) is 1. The van der Waals surface area contributed by atoms with Crippen molar-refractivity contribution in [3.8, 4) is 5.75 Å². The van der Waals surface area contributed by atoms with Gasteiger partial charge in [-0.1, -0.05) is 25.1 Å². The predicted octanol–water partition coefficient (Wildman–Crippen LogP) is 4.34. The Hall–Kier alpha value is -2.05. The number of hydrogen-bond donors (Lipinski definition) is 1. The van der Waals surface area contributed by atoms with E-state index in [-0.39, 0.29) is 17.0 Å². The molecule has 0 saturated heterocycles. The maximum absolute atomic E-state index is 13.0. The molecule has 0 aliphatic rings. The van der Waals surface area contributed by atoms with Crippen LogP contribution in [0.15, 0.2) is 53.4 Å². The van der Waals surface area contributed by atoms with Crippen LogP contribution in [-0.2, 0) is 11.3 Å². The summed E-state index contributed by atoms with van der Waals surface area (Å²) in [6.45, 7) is 3.98. The number of thioether (sulfide) groups is 1. The molecule has 1 amide bonds. The van der Waals surface area contributed by atoms with Gasteiger partial charge in [0, 0.05) is 35.2 Å². The van der Waals surface area contributed by atoms with Crippen LogP contribution < -0.4 is 10.1 Å². The summed E-state index contributed by atoms with van der Waals surface area (Å²) in [5.41, 5.74) is 0.975. The van der Waals surface area contributed by atoms with Crippen molar-refractivity contribution in [1.29, 1.82) is 0 Å². The number of carbonyl (C=O) groups excluding carboxylic acids is 1. The van der Waals surface area contributed by atoms with E-state index in [9.17, 15) is 9.18 Å². The van der Waals surface area contributed by atoms with Crippen LogP contribution in [0, 0.1) is 5.82 Å². The molecule has 28 heavy (non-hydrogen) atoms. The fraction of sp³-hybridized carbons (Fsp3) is 0.409. The highest BCUT2D eigenvalue weighted by Gasteiger charge is 2.10. The van der Waals surface area contributed by atoms with Gasteiger partial charge in [0.2, 0.25) is 5.91 Å². The van der Waals surface area contributed by atoms with Gasteiger partial charge >= 0.3 is 0 Å². The largest absolute Gasteiger partial charge is 0.492 e. The second kappa shape index (κ2) is 11.7. The summed E-state index contributed by atoms with van der Waals surface area (Å²) < 4.78 is 18.8. The number of hydrogen-bond acceptors (Lipinski definition) is 4. The Bertz CT molecular complexity index is 738. The van der Waals surface area contributed by atoms with E-state index in [1.807, 2.05) is 38.4 Å². The Labute approximate surface area is 171 Å². The van der Waals surface area contributed by atoms with Crippen molar-refractivity contribution in [1.82, 2.24) is 10.2 Å². The Kier molecular flexibility index (Phi) is 9.31. The van der Waals surface area contributed by atoms with Crippen LogP contribution in [-0.4, -0.2) is 43.3 Å². The van der Waals surface area contributed by atoms with Gasteiger partial charge < -0.3 is 15.0 Å². The zero-order valence-electron chi connectivity index (χ0n) is 16.8.